The van der Waals surface area contributed by atoms with Gasteiger partial charge in [-0.1, -0.05) is 6.42 Å². The van der Waals surface area contributed by atoms with Crippen molar-refractivity contribution in [2.45, 2.75) is 56.5 Å². The molecule has 4 aliphatic rings. The van der Waals surface area contributed by atoms with Crippen LogP contribution < -0.4 is 5.32 Å². The largest absolute Gasteiger partial charge is 0.381 e. The first kappa shape index (κ1) is 14.5. The standard InChI is InChI=1S/C18H32N2O/c1-20(2)18(6-8-21-9-7-18)12-19-17-11-13-10-16(17)15-5-3-4-14(13)15/h13-17,19H,3-12H2,1-2H3/t13-,14+,15-,16+,17-/m1/s1. The van der Waals surface area contributed by atoms with E-state index in [4.69, 9.17) is 4.74 Å². The van der Waals surface area contributed by atoms with Crippen LogP contribution in [0.2, 0.25) is 0 Å². The summed E-state index contributed by atoms with van der Waals surface area (Å²) in [6.45, 7) is 3.02. The Labute approximate surface area is 129 Å². The molecular weight excluding hydrogens is 260 g/mol. The van der Waals surface area contributed by atoms with Crippen molar-refractivity contribution in [2.24, 2.45) is 23.7 Å². The van der Waals surface area contributed by atoms with Crippen LogP contribution in [-0.2, 0) is 4.74 Å². The van der Waals surface area contributed by atoms with Crippen LogP contribution in [0.1, 0.15) is 44.9 Å². The van der Waals surface area contributed by atoms with E-state index in [1.165, 1.54) is 44.9 Å². The maximum absolute atomic E-state index is 5.60. The first-order valence-electron chi connectivity index (χ1n) is 9.18. The summed E-state index contributed by atoms with van der Waals surface area (Å²) < 4.78 is 5.60. The topological polar surface area (TPSA) is 24.5 Å². The van der Waals surface area contributed by atoms with Gasteiger partial charge in [-0.05, 0) is 76.3 Å². The van der Waals surface area contributed by atoms with Crippen LogP contribution in [0.5, 0.6) is 0 Å². The van der Waals surface area contributed by atoms with Gasteiger partial charge < -0.3 is 15.0 Å². The molecule has 1 saturated heterocycles. The van der Waals surface area contributed by atoms with Gasteiger partial charge in [-0.25, -0.2) is 0 Å². The smallest absolute Gasteiger partial charge is 0.0484 e. The zero-order valence-electron chi connectivity index (χ0n) is 13.8. The second-order valence-corrected chi connectivity index (χ2v) is 8.37. The summed E-state index contributed by atoms with van der Waals surface area (Å²) in [6.07, 6.45) is 9.93. The molecule has 3 nitrogen and oxygen atoms in total. The van der Waals surface area contributed by atoms with Crippen molar-refractivity contribution in [1.82, 2.24) is 10.2 Å². The van der Waals surface area contributed by atoms with Gasteiger partial charge in [0.2, 0.25) is 0 Å². The number of hydrogen-bond donors (Lipinski definition) is 1. The van der Waals surface area contributed by atoms with Crippen molar-refractivity contribution in [3.8, 4) is 0 Å². The van der Waals surface area contributed by atoms with Gasteiger partial charge in [-0.15, -0.1) is 0 Å². The molecule has 21 heavy (non-hydrogen) atoms. The molecule has 0 aromatic carbocycles. The lowest BCUT2D eigenvalue weighted by atomic mass is 9.78. The highest BCUT2D eigenvalue weighted by molar-refractivity contribution is 5.06. The molecule has 3 aliphatic carbocycles. The summed E-state index contributed by atoms with van der Waals surface area (Å²) in [7, 11) is 4.50. The lowest BCUT2D eigenvalue weighted by Crippen LogP contribution is -2.57. The van der Waals surface area contributed by atoms with E-state index in [2.05, 4.69) is 24.3 Å². The summed E-state index contributed by atoms with van der Waals surface area (Å²) in [5.41, 5.74) is 0.329. The van der Waals surface area contributed by atoms with Gasteiger partial charge in [0.15, 0.2) is 0 Å². The lowest BCUT2D eigenvalue weighted by molar-refractivity contribution is -0.00983. The molecule has 0 aromatic heterocycles. The van der Waals surface area contributed by atoms with E-state index in [-0.39, 0.29) is 0 Å². The molecule has 1 aliphatic heterocycles. The van der Waals surface area contributed by atoms with Crippen LogP contribution in [-0.4, -0.2) is 50.3 Å². The third kappa shape index (κ3) is 2.36. The molecule has 4 fully saturated rings. The van der Waals surface area contributed by atoms with Crippen LogP contribution in [0.3, 0.4) is 0 Å². The Hall–Kier alpha value is -0.120. The number of ether oxygens (including phenoxy) is 1. The van der Waals surface area contributed by atoms with Gasteiger partial charge in [0.25, 0.3) is 0 Å². The molecule has 0 unspecified atom stereocenters. The maximum Gasteiger partial charge on any atom is 0.0484 e. The SMILES string of the molecule is CN(C)C1(CN[C@@H]2C[C@H]3C[C@H]2[C@@H]2CCC[C@@H]32)CCOCC1. The first-order valence-corrected chi connectivity index (χ1v) is 9.18. The predicted octanol–water partition coefficient (Wildman–Crippen LogP) is 2.51. The molecule has 0 spiro atoms. The third-order valence-electron chi connectivity index (χ3n) is 7.49. The molecule has 2 bridgehead atoms. The first-order chi connectivity index (χ1) is 10.2. The second kappa shape index (κ2) is 5.50. The van der Waals surface area contributed by atoms with Gasteiger partial charge >= 0.3 is 0 Å². The van der Waals surface area contributed by atoms with Crippen molar-refractivity contribution in [3.05, 3.63) is 0 Å². The molecule has 0 aromatic rings. The Morgan fingerprint density at radius 2 is 1.81 bits per heavy atom. The van der Waals surface area contributed by atoms with Crippen LogP contribution >= 0.6 is 0 Å². The van der Waals surface area contributed by atoms with E-state index in [0.29, 0.717) is 5.54 Å². The van der Waals surface area contributed by atoms with E-state index >= 15 is 0 Å². The second-order valence-electron chi connectivity index (χ2n) is 8.37. The van der Waals surface area contributed by atoms with E-state index < -0.39 is 0 Å². The maximum atomic E-state index is 5.60. The van der Waals surface area contributed by atoms with Gasteiger partial charge in [0.05, 0.1) is 0 Å². The number of rotatable bonds is 4. The predicted molar refractivity (Wildman–Crippen MR) is 85.3 cm³/mol. The van der Waals surface area contributed by atoms with Gasteiger partial charge in [-0.3, -0.25) is 0 Å². The zero-order valence-corrected chi connectivity index (χ0v) is 13.8. The van der Waals surface area contributed by atoms with Crippen LogP contribution in [0.4, 0.5) is 0 Å². The minimum atomic E-state index is 0.329. The molecule has 1 N–H and O–H groups in total. The monoisotopic (exact) mass is 292 g/mol. The van der Waals surface area contributed by atoms with Crippen LogP contribution in [0.25, 0.3) is 0 Å². The minimum Gasteiger partial charge on any atom is -0.381 e. The number of nitrogens with one attached hydrogen (secondary N) is 1. The van der Waals surface area contributed by atoms with Crippen molar-refractivity contribution >= 4 is 0 Å². The summed E-state index contributed by atoms with van der Waals surface area (Å²) in [5, 5.41) is 4.02. The molecule has 120 valence electrons. The number of hydrogen-bond acceptors (Lipinski definition) is 3. The molecule has 5 atom stereocenters. The Balaban J connectivity index is 1.38. The highest BCUT2D eigenvalue weighted by Gasteiger charge is 2.53. The minimum absolute atomic E-state index is 0.329. The zero-order chi connectivity index (χ0) is 14.4. The number of likely N-dealkylation sites (N-methyl/N-ethyl adjacent to an activating group) is 1. The van der Waals surface area contributed by atoms with E-state index in [9.17, 15) is 0 Å². The van der Waals surface area contributed by atoms with E-state index in [1.54, 1.807) is 0 Å². The normalized spacial score (nSPS) is 44.4. The summed E-state index contributed by atoms with van der Waals surface area (Å²) in [5.74, 6) is 4.25. The highest BCUT2D eigenvalue weighted by Crippen LogP contribution is 2.58. The fraction of sp³-hybridized carbons (Fsp3) is 1.00. The Morgan fingerprint density at radius 1 is 1.05 bits per heavy atom. The molecule has 4 rings (SSSR count). The van der Waals surface area contributed by atoms with Crippen molar-refractivity contribution < 1.29 is 4.74 Å². The highest BCUT2D eigenvalue weighted by atomic mass is 16.5. The lowest BCUT2D eigenvalue weighted by Gasteiger charge is -2.44. The van der Waals surface area contributed by atoms with Crippen molar-refractivity contribution in [3.63, 3.8) is 0 Å². The fourth-order valence-electron chi connectivity index (χ4n) is 6.16. The van der Waals surface area contributed by atoms with Gasteiger partial charge in [0.1, 0.15) is 0 Å². The van der Waals surface area contributed by atoms with Crippen LogP contribution in [0.15, 0.2) is 0 Å². The Kier molecular flexibility index (Phi) is 3.79. The fourth-order valence-corrected chi connectivity index (χ4v) is 6.16. The third-order valence-corrected chi connectivity index (χ3v) is 7.49. The molecule has 0 amide bonds. The average Bonchev–Trinajstić information content (AvgIpc) is 3.18. The summed E-state index contributed by atoms with van der Waals surface area (Å²) >= 11 is 0. The quantitative estimate of drug-likeness (QED) is 0.861. The summed E-state index contributed by atoms with van der Waals surface area (Å²) in [4.78, 5) is 2.45. The van der Waals surface area contributed by atoms with Crippen LogP contribution in [0, 0.1) is 23.7 Å². The van der Waals surface area contributed by atoms with Gasteiger partial charge in [-0.2, -0.15) is 0 Å². The number of nitrogens with zero attached hydrogens (tertiary/aromatic N) is 1. The number of fused-ring (bicyclic) bond motifs is 5. The Bertz CT molecular complexity index is 377. The molecule has 1 heterocycles. The average molecular weight is 292 g/mol. The summed E-state index contributed by atoms with van der Waals surface area (Å²) in [6, 6.07) is 0.814. The molecule has 3 saturated carbocycles. The van der Waals surface area contributed by atoms with E-state index in [0.717, 1.165) is 49.5 Å². The molecule has 0 radical (unpaired) electrons. The van der Waals surface area contributed by atoms with Gasteiger partial charge in [0, 0.05) is 31.3 Å². The Morgan fingerprint density at radius 3 is 2.57 bits per heavy atom. The van der Waals surface area contributed by atoms with Crippen molar-refractivity contribution in [2.75, 3.05) is 33.9 Å². The molecule has 3 heteroatoms. The van der Waals surface area contributed by atoms with Crippen molar-refractivity contribution in [1.29, 1.82) is 0 Å². The van der Waals surface area contributed by atoms with E-state index in [1.807, 2.05) is 0 Å². The molecular formula is C18H32N2O.